The predicted octanol–water partition coefficient (Wildman–Crippen LogP) is 1.48. The topological polar surface area (TPSA) is 44.8 Å². The fourth-order valence-electron chi connectivity index (χ4n) is 1.36. The highest BCUT2D eigenvalue weighted by molar-refractivity contribution is 5.74. The van der Waals surface area contributed by atoms with E-state index in [1.54, 1.807) is 13.8 Å². The van der Waals surface area contributed by atoms with E-state index in [1.165, 1.54) is 0 Å². The number of rotatable bonds is 4. The van der Waals surface area contributed by atoms with Gasteiger partial charge in [-0.25, -0.2) is 4.79 Å². The standard InChI is InChI=1S/C10H18O4/c1-3-12-10(11)8(2)14-9-6-4-5-7-13-9/h8-9H,3-7H2,1-2H3. The first-order valence-electron chi connectivity index (χ1n) is 5.17. The molecule has 82 valence electrons. The SMILES string of the molecule is CCOC(=O)C(C)OC1CCCCO1. The maximum absolute atomic E-state index is 11.2. The number of hydrogen-bond acceptors (Lipinski definition) is 4. The highest BCUT2D eigenvalue weighted by atomic mass is 16.7. The molecule has 0 aromatic heterocycles. The van der Waals surface area contributed by atoms with E-state index in [-0.39, 0.29) is 12.3 Å². The van der Waals surface area contributed by atoms with Crippen LogP contribution in [0.25, 0.3) is 0 Å². The number of hydrogen-bond donors (Lipinski definition) is 0. The Labute approximate surface area is 84.5 Å². The lowest BCUT2D eigenvalue weighted by atomic mass is 10.2. The van der Waals surface area contributed by atoms with Crippen LogP contribution in [0.3, 0.4) is 0 Å². The van der Waals surface area contributed by atoms with Crippen LogP contribution >= 0.6 is 0 Å². The normalized spacial score (nSPS) is 24.3. The van der Waals surface area contributed by atoms with Gasteiger partial charge in [-0.05, 0) is 33.1 Å². The summed E-state index contributed by atoms with van der Waals surface area (Å²) in [6.45, 7) is 4.58. The van der Waals surface area contributed by atoms with E-state index in [0.29, 0.717) is 6.61 Å². The van der Waals surface area contributed by atoms with Crippen LogP contribution in [0.4, 0.5) is 0 Å². The molecular formula is C10H18O4. The summed E-state index contributed by atoms with van der Waals surface area (Å²) < 4.78 is 15.6. The van der Waals surface area contributed by atoms with Gasteiger partial charge >= 0.3 is 5.97 Å². The Bertz CT molecular complexity index is 175. The van der Waals surface area contributed by atoms with Crippen LogP contribution in [0.15, 0.2) is 0 Å². The van der Waals surface area contributed by atoms with Crippen molar-refractivity contribution in [3.05, 3.63) is 0 Å². The number of ether oxygens (including phenoxy) is 3. The minimum atomic E-state index is -0.530. The van der Waals surface area contributed by atoms with Crippen molar-refractivity contribution in [1.29, 1.82) is 0 Å². The average molecular weight is 202 g/mol. The zero-order valence-corrected chi connectivity index (χ0v) is 8.82. The van der Waals surface area contributed by atoms with Crippen molar-refractivity contribution in [3.63, 3.8) is 0 Å². The zero-order chi connectivity index (χ0) is 10.4. The van der Waals surface area contributed by atoms with E-state index in [4.69, 9.17) is 14.2 Å². The van der Waals surface area contributed by atoms with Crippen molar-refractivity contribution in [2.75, 3.05) is 13.2 Å². The summed E-state index contributed by atoms with van der Waals surface area (Å²) in [5.74, 6) is -0.318. The Balaban J connectivity index is 2.24. The molecule has 0 spiro atoms. The van der Waals surface area contributed by atoms with Gasteiger partial charge in [0.1, 0.15) is 0 Å². The fraction of sp³-hybridized carbons (Fsp3) is 0.900. The molecule has 4 nitrogen and oxygen atoms in total. The van der Waals surface area contributed by atoms with E-state index in [2.05, 4.69) is 0 Å². The monoisotopic (exact) mass is 202 g/mol. The van der Waals surface area contributed by atoms with Crippen LogP contribution in [-0.4, -0.2) is 31.6 Å². The van der Waals surface area contributed by atoms with E-state index >= 15 is 0 Å². The summed E-state index contributed by atoms with van der Waals surface area (Å²) in [4.78, 5) is 11.2. The Hall–Kier alpha value is -0.610. The molecule has 0 aromatic carbocycles. The second-order valence-corrected chi connectivity index (χ2v) is 3.33. The van der Waals surface area contributed by atoms with Crippen molar-refractivity contribution in [3.8, 4) is 0 Å². The Morgan fingerprint density at radius 2 is 2.36 bits per heavy atom. The Morgan fingerprint density at radius 1 is 1.57 bits per heavy atom. The van der Waals surface area contributed by atoms with Gasteiger partial charge in [-0.2, -0.15) is 0 Å². The largest absolute Gasteiger partial charge is 0.464 e. The molecule has 1 aliphatic rings. The smallest absolute Gasteiger partial charge is 0.335 e. The molecule has 0 radical (unpaired) electrons. The van der Waals surface area contributed by atoms with Crippen LogP contribution in [0.2, 0.25) is 0 Å². The second-order valence-electron chi connectivity index (χ2n) is 3.33. The summed E-state index contributed by atoms with van der Waals surface area (Å²) in [5.41, 5.74) is 0. The van der Waals surface area contributed by atoms with E-state index in [0.717, 1.165) is 25.9 Å². The molecule has 1 rings (SSSR count). The molecule has 1 saturated heterocycles. The molecule has 2 atom stereocenters. The molecule has 0 N–H and O–H groups in total. The van der Waals surface area contributed by atoms with Crippen LogP contribution < -0.4 is 0 Å². The first-order chi connectivity index (χ1) is 6.74. The van der Waals surface area contributed by atoms with Gasteiger partial charge in [0.05, 0.1) is 6.61 Å². The van der Waals surface area contributed by atoms with Crippen molar-refractivity contribution < 1.29 is 19.0 Å². The molecule has 1 heterocycles. The van der Waals surface area contributed by atoms with Gasteiger partial charge in [-0.1, -0.05) is 0 Å². The molecule has 2 unspecified atom stereocenters. The van der Waals surface area contributed by atoms with Gasteiger partial charge in [0.25, 0.3) is 0 Å². The molecule has 4 heteroatoms. The van der Waals surface area contributed by atoms with Gasteiger partial charge < -0.3 is 14.2 Å². The summed E-state index contributed by atoms with van der Waals surface area (Å²) in [5, 5.41) is 0. The summed E-state index contributed by atoms with van der Waals surface area (Å²) >= 11 is 0. The van der Waals surface area contributed by atoms with Crippen molar-refractivity contribution in [2.24, 2.45) is 0 Å². The lowest BCUT2D eigenvalue weighted by Gasteiger charge is -2.25. The zero-order valence-electron chi connectivity index (χ0n) is 8.82. The molecule has 0 bridgehead atoms. The Kier molecular flexibility index (Phi) is 4.90. The van der Waals surface area contributed by atoms with Crippen LogP contribution in [0.5, 0.6) is 0 Å². The van der Waals surface area contributed by atoms with Crippen LogP contribution in [0, 0.1) is 0 Å². The highest BCUT2D eigenvalue weighted by Gasteiger charge is 2.22. The first-order valence-corrected chi connectivity index (χ1v) is 5.17. The van der Waals surface area contributed by atoms with Crippen molar-refractivity contribution in [2.45, 2.75) is 45.5 Å². The fourth-order valence-corrected chi connectivity index (χ4v) is 1.36. The lowest BCUT2D eigenvalue weighted by Crippen LogP contribution is -2.32. The third kappa shape index (κ3) is 3.64. The molecule has 1 fully saturated rings. The third-order valence-corrected chi connectivity index (χ3v) is 2.11. The molecule has 0 aliphatic carbocycles. The minimum absolute atomic E-state index is 0.233. The van der Waals surface area contributed by atoms with E-state index in [1.807, 2.05) is 0 Å². The van der Waals surface area contributed by atoms with Crippen LogP contribution in [0.1, 0.15) is 33.1 Å². The summed E-state index contributed by atoms with van der Waals surface area (Å²) in [6.07, 6.45) is 2.28. The minimum Gasteiger partial charge on any atom is -0.464 e. The highest BCUT2D eigenvalue weighted by Crippen LogP contribution is 2.15. The predicted molar refractivity (Wildman–Crippen MR) is 50.8 cm³/mol. The van der Waals surface area contributed by atoms with E-state index < -0.39 is 6.10 Å². The molecule has 0 saturated carbocycles. The summed E-state index contributed by atoms with van der Waals surface area (Å²) in [6, 6.07) is 0. The van der Waals surface area contributed by atoms with Crippen LogP contribution in [-0.2, 0) is 19.0 Å². The number of carbonyl (C=O) groups is 1. The lowest BCUT2D eigenvalue weighted by molar-refractivity contribution is -0.200. The van der Waals surface area contributed by atoms with Crippen molar-refractivity contribution >= 4 is 5.97 Å². The maximum atomic E-state index is 11.2. The third-order valence-electron chi connectivity index (χ3n) is 2.11. The molecular weight excluding hydrogens is 184 g/mol. The van der Waals surface area contributed by atoms with E-state index in [9.17, 15) is 4.79 Å². The van der Waals surface area contributed by atoms with Gasteiger partial charge in [0, 0.05) is 6.61 Å². The number of carbonyl (C=O) groups excluding carboxylic acids is 1. The average Bonchev–Trinajstić information content (AvgIpc) is 2.19. The molecule has 1 aliphatic heterocycles. The first kappa shape index (κ1) is 11.5. The van der Waals surface area contributed by atoms with Gasteiger partial charge in [-0.3, -0.25) is 0 Å². The summed E-state index contributed by atoms with van der Waals surface area (Å²) in [7, 11) is 0. The quantitative estimate of drug-likeness (QED) is 0.648. The van der Waals surface area contributed by atoms with Crippen molar-refractivity contribution in [1.82, 2.24) is 0 Å². The number of esters is 1. The Morgan fingerprint density at radius 3 is 2.93 bits per heavy atom. The van der Waals surface area contributed by atoms with Gasteiger partial charge in [-0.15, -0.1) is 0 Å². The molecule has 0 amide bonds. The van der Waals surface area contributed by atoms with Gasteiger partial charge in [0.2, 0.25) is 0 Å². The molecule has 14 heavy (non-hydrogen) atoms. The maximum Gasteiger partial charge on any atom is 0.335 e. The van der Waals surface area contributed by atoms with Gasteiger partial charge in [0.15, 0.2) is 12.4 Å². The molecule has 0 aromatic rings. The second kappa shape index (κ2) is 5.98.